The Balaban J connectivity index is 2.22. The summed E-state index contributed by atoms with van der Waals surface area (Å²) in [6, 6.07) is 7.41. The van der Waals surface area contributed by atoms with Gasteiger partial charge in [-0.2, -0.15) is 0 Å². The lowest BCUT2D eigenvalue weighted by Gasteiger charge is -2.00. The zero-order chi connectivity index (χ0) is 13.1. The molecule has 5 heteroatoms. The van der Waals surface area contributed by atoms with Gasteiger partial charge in [0.2, 0.25) is 0 Å². The van der Waals surface area contributed by atoms with Gasteiger partial charge in [0.1, 0.15) is 5.82 Å². The maximum absolute atomic E-state index is 10.5. The van der Waals surface area contributed by atoms with Crippen LogP contribution in [0.4, 0.5) is 0 Å². The molecule has 18 heavy (non-hydrogen) atoms. The molecule has 0 aliphatic carbocycles. The first-order valence-corrected chi connectivity index (χ1v) is 5.95. The lowest BCUT2D eigenvalue weighted by Crippen LogP contribution is -2.04. The molecule has 2 rings (SSSR count). The number of imidazole rings is 1. The Kier molecular flexibility index (Phi) is 3.67. The van der Waals surface area contributed by atoms with Crippen molar-refractivity contribution in [3.8, 4) is 11.3 Å². The number of carboxylic acid groups (broad SMARTS) is 1. The number of aromatic nitrogens is 2. The zero-order valence-corrected chi connectivity index (χ0v) is 10.7. The third-order valence-electron chi connectivity index (χ3n) is 2.68. The standard InChI is InChI=1S/C13H13ClN2O2/c1-9-15-12(8-16(9)7-6-13(17)18)10-2-4-11(14)5-3-10/h2-5,8H,6-7H2,1H3,(H,17,18). The maximum Gasteiger partial charge on any atom is 0.305 e. The zero-order valence-electron chi connectivity index (χ0n) is 9.93. The molecule has 0 amide bonds. The van der Waals surface area contributed by atoms with Crippen LogP contribution in [0.3, 0.4) is 0 Å². The number of hydrogen-bond donors (Lipinski definition) is 1. The summed E-state index contributed by atoms with van der Waals surface area (Å²) in [7, 11) is 0. The van der Waals surface area contributed by atoms with Gasteiger partial charge in [0.15, 0.2) is 0 Å². The minimum Gasteiger partial charge on any atom is -0.481 e. The summed E-state index contributed by atoms with van der Waals surface area (Å²) < 4.78 is 1.85. The van der Waals surface area contributed by atoms with E-state index in [1.54, 1.807) is 0 Å². The van der Waals surface area contributed by atoms with Crippen molar-refractivity contribution in [2.75, 3.05) is 0 Å². The van der Waals surface area contributed by atoms with Crippen molar-refractivity contribution >= 4 is 17.6 Å². The normalized spacial score (nSPS) is 10.6. The van der Waals surface area contributed by atoms with Crippen molar-refractivity contribution in [2.24, 2.45) is 0 Å². The van der Waals surface area contributed by atoms with Crippen LogP contribution in [0.2, 0.25) is 5.02 Å². The van der Waals surface area contributed by atoms with Gasteiger partial charge in [-0.3, -0.25) is 4.79 Å². The molecule has 0 radical (unpaired) electrons. The van der Waals surface area contributed by atoms with Crippen LogP contribution in [0.5, 0.6) is 0 Å². The van der Waals surface area contributed by atoms with Crippen molar-refractivity contribution in [2.45, 2.75) is 19.9 Å². The third kappa shape index (κ3) is 2.90. The summed E-state index contributed by atoms with van der Waals surface area (Å²) in [5.41, 5.74) is 1.80. The van der Waals surface area contributed by atoms with Crippen LogP contribution in [0.1, 0.15) is 12.2 Å². The molecule has 0 saturated heterocycles. The quantitative estimate of drug-likeness (QED) is 0.924. The van der Waals surface area contributed by atoms with Crippen molar-refractivity contribution < 1.29 is 9.90 Å². The Morgan fingerprint density at radius 2 is 2.06 bits per heavy atom. The fraction of sp³-hybridized carbons (Fsp3) is 0.231. The largest absolute Gasteiger partial charge is 0.481 e. The molecule has 0 fully saturated rings. The van der Waals surface area contributed by atoms with E-state index >= 15 is 0 Å². The molecule has 1 N–H and O–H groups in total. The van der Waals surface area contributed by atoms with Gasteiger partial charge in [-0.15, -0.1) is 0 Å². The highest BCUT2D eigenvalue weighted by Crippen LogP contribution is 2.21. The Labute approximate surface area is 110 Å². The summed E-state index contributed by atoms with van der Waals surface area (Å²) in [6.45, 7) is 2.29. The molecule has 1 heterocycles. The number of benzene rings is 1. The van der Waals surface area contributed by atoms with Gasteiger partial charge >= 0.3 is 5.97 Å². The molecule has 0 atom stereocenters. The molecule has 94 valence electrons. The van der Waals surface area contributed by atoms with Gasteiger partial charge in [-0.05, 0) is 19.1 Å². The van der Waals surface area contributed by atoms with Gasteiger partial charge in [0, 0.05) is 23.3 Å². The first-order chi connectivity index (χ1) is 8.56. The van der Waals surface area contributed by atoms with Crippen LogP contribution in [0.15, 0.2) is 30.5 Å². The molecular weight excluding hydrogens is 252 g/mol. The molecular formula is C13H13ClN2O2. The molecule has 1 aromatic heterocycles. The molecule has 0 saturated carbocycles. The Morgan fingerprint density at radius 3 is 2.67 bits per heavy atom. The minimum atomic E-state index is -0.809. The average Bonchev–Trinajstić information content (AvgIpc) is 2.69. The van der Waals surface area contributed by atoms with Gasteiger partial charge in [0.25, 0.3) is 0 Å². The topological polar surface area (TPSA) is 55.1 Å². The van der Waals surface area contributed by atoms with Gasteiger partial charge in [-0.25, -0.2) is 4.98 Å². The Bertz CT molecular complexity index is 561. The molecule has 0 spiro atoms. The highest BCUT2D eigenvalue weighted by Gasteiger charge is 2.07. The SMILES string of the molecule is Cc1nc(-c2ccc(Cl)cc2)cn1CCC(=O)O. The van der Waals surface area contributed by atoms with E-state index in [4.69, 9.17) is 16.7 Å². The van der Waals surface area contributed by atoms with Crippen LogP contribution in [0, 0.1) is 6.92 Å². The summed E-state index contributed by atoms with van der Waals surface area (Å²) in [4.78, 5) is 15.0. The number of aryl methyl sites for hydroxylation is 2. The van der Waals surface area contributed by atoms with Crippen LogP contribution in [0.25, 0.3) is 11.3 Å². The molecule has 0 bridgehead atoms. The van der Waals surface area contributed by atoms with E-state index < -0.39 is 5.97 Å². The van der Waals surface area contributed by atoms with Crippen molar-refractivity contribution in [1.82, 2.24) is 9.55 Å². The molecule has 1 aromatic carbocycles. The number of carboxylic acids is 1. The number of nitrogens with zero attached hydrogens (tertiary/aromatic N) is 2. The van der Waals surface area contributed by atoms with Crippen molar-refractivity contribution in [3.05, 3.63) is 41.3 Å². The average molecular weight is 265 g/mol. The van der Waals surface area contributed by atoms with E-state index in [0.717, 1.165) is 17.1 Å². The van der Waals surface area contributed by atoms with E-state index in [2.05, 4.69) is 4.98 Å². The van der Waals surface area contributed by atoms with Crippen LogP contribution < -0.4 is 0 Å². The minimum absolute atomic E-state index is 0.0945. The molecule has 0 aliphatic rings. The second kappa shape index (κ2) is 5.23. The fourth-order valence-electron chi connectivity index (χ4n) is 1.71. The lowest BCUT2D eigenvalue weighted by atomic mass is 10.2. The molecule has 2 aromatic rings. The summed E-state index contributed by atoms with van der Waals surface area (Å²) in [5, 5.41) is 9.35. The molecule has 4 nitrogen and oxygen atoms in total. The predicted molar refractivity (Wildman–Crippen MR) is 69.7 cm³/mol. The van der Waals surface area contributed by atoms with Crippen molar-refractivity contribution in [3.63, 3.8) is 0 Å². The van der Waals surface area contributed by atoms with Gasteiger partial charge in [-0.1, -0.05) is 23.7 Å². The summed E-state index contributed by atoms with van der Waals surface area (Å²) in [6.07, 6.45) is 1.96. The third-order valence-corrected chi connectivity index (χ3v) is 2.93. The van der Waals surface area contributed by atoms with E-state index in [0.29, 0.717) is 11.6 Å². The molecule has 0 aliphatic heterocycles. The van der Waals surface area contributed by atoms with Crippen LogP contribution in [-0.4, -0.2) is 20.6 Å². The Hall–Kier alpha value is -1.81. The fourth-order valence-corrected chi connectivity index (χ4v) is 1.84. The number of hydrogen-bond acceptors (Lipinski definition) is 2. The second-order valence-electron chi connectivity index (χ2n) is 4.02. The number of rotatable bonds is 4. The Morgan fingerprint density at radius 1 is 1.39 bits per heavy atom. The first-order valence-electron chi connectivity index (χ1n) is 5.58. The first kappa shape index (κ1) is 12.6. The van der Waals surface area contributed by atoms with E-state index in [1.807, 2.05) is 42.0 Å². The highest BCUT2D eigenvalue weighted by atomic mass is 35.5. The lowest BCUT2D eigenvalue weighted by molar-refractivity contribution is -0.137. The number of halogens is 1. The van der Waals surface area contributed by atoms with Crippen molar-refractivity contribution in [1.29, 1.82) is 0 Å². The summed E-state index contributed by atoms with van der Waals surface area (Å²) in [5.74, 6) is -0.00246. The molecule has 0 unspecified atom stereocenters. The van der Waals surface area contributed by atoms with E-state index in [1.165, 1.54) is 0 Å². The number of carbonyl (C=O) groups is 1. The number of aliphatic carboxylic acids is 1. The second-order valence-corrected chi connectivity index (χ2v) is 4.45. The van der Waals surface area contributed by atoms with Crippen LogP contribution >= 0.6 is 11.6 Å². The van der Waals surface area contributed by atoms with E-state index in [-0.39, 0.29) is 6.42 Å². The van der Waals surface area contributed by atoms with Gasteiger partial charge in [0.05, 0.1) is 12.1 Å². The monoisotopic (exact) mass is 264 g/mol. The van der Waals surface area contributed by atoms with Gasteiger partial charge < -0.3 is 9.67 Å². The van der Waals surface area contributed by atoms with E-state index in [9.17, 15) is 4.79 Å². The highest BCUT2D eigenvalue weighted by molar-refractivity contribution is 6.30. The summed E-state index contributed by atoms with van der Waals surface area (Å²) >= 11 is 5.83. The maximum atomic E-state index is 10.5. The van der Waals surface area contributed by atoms with Crippen LogP contribution in [-0.2, 0) is 11.3 Å². The predicted octanol–water partition coefficient (Wildman–Crippen LogP) is 2.99. The smallest absolute Gasteiger partial charge is 0.305 e.